The Hall–Kier alpha value is -1.76. The maximum atomic E-state index is 12.0. The number of carboxylic acid groups (broad SMARTS) is 1. The van der Waals surface area contributed by atoms with Gasteiger partial charge < -0.3 is 15.2 Å². The van der Waals surface area contributed by atoms with Gasteiger partial charge in [-0.1, -0.05) is 12.1 Å². The molecular formula is C13H14F3NO3. The van der Waals surface area contributed by atoms with Gasteiger partial charge in [-0.15, -0.1) is 13.2 Å². The predicted molar refractivity (Wildman–Crippen MR) is 64.4 cm³/mol. The lowest BCUT2D eigenvalue weighted by Crippen LogP contribution is -2.36. The first-order valence-electron chi connectivity index (χ1n) is 6.17. The second kappa shape index (κ2) is 5.70. The largest absolute Gasteiger partial charge is 0.573 e. The molecule has 0 aromatic heterocycles. The minimum absolute atomic E-state index is 0.0329. The third kappa shape index (κ3) is 4.12. The number of ether oxygens (including phenoxy) is 1. The Morgan fingerprint density at radius 3 is 2.45 bits per heavy atom. The number of hydrogen-bond donors (Lipinski definition) is 2. The van der Waals surface area contributed by atoms with Crippen LogP contribution in [0, 0.1) is 0 Å². The van der Waals surface area contributed by atoms with Gasteiger partial charge in [-0.25, -0.2) is 0 Å². The van der Waals surface area contributed by atoms with Gasteiger partial charge in [0.1, 0.15) is 11.8 Å². The molecule has 2 N–H and O–H groups in total. The summed E-state index contributed by atoms with van der Waals surface area (Å²) in [5, 5.41) is 11.8. The van der Waals surface area contributed by atoms with Crippen LogP contribution in [0.15, 0.2) is 24.3 Å². The van der Waals surface area contributed by atoms with E-state index in [1.807, 2.05) is 0 Å². The van der Waals surface area contributed by atoms with Crippen LogP contribution in [0.1, 0.15) is 18.4 Å². The normalized spacial score (nSPS) is 22.8. The predicted octanol–water partition coefficient (Wildman–Crippen LogP) is 2.33. The van der Waals surface area contributed by atoms with Crippen molar-refractivity contribution < 1.29 is 27.8 Å². The second-order valence-electron chi connectivity index (χ2n) is 4.73. The molecule has 1 aliphatic heterocycles. The average molecular weight is 289 g/mol. The topological polar surface area (TPSA) is 58.6 Å². The lowest BCUT2D eigenvalue weighted by atomic mass is 10.0. The lowest BCUT2D eigenvalue weighted by Gasteiger charge is -2.13. The van der Waals surface area contributed by atoms with E-state index in [1.54, 1.807) is 12.1 Å². The molecule has 1 aromatic carbocycles. The molecule has 0 saturated carbocycles. The highest BCUT2D eigenvalue weighted by Gasteiger charge is 2.31. The molecular weight excluding hydrogens is 275 g/mol. The summed E-state index contributed by atoms with van der Waals surface area (Å²) >= 11 is 0. The molecule has 2 unspecified atom stereocenters. The van der Waals surface area contributed by atoms with Crippen LogP contribution < -0.4 is 10.1 Å². The molecule has 7 heteroatoms. The van der Waals surface area contributed by atoms with E-state index in [2.05, 4.69) is 10.1 Å². The molecule has 1 aromatic rings. The Morgan fingerprint density at radius 2 is 1.95 bits per heavy atom. The van der Waals surface area contributed by atoms with Gasteiger partial charge >= 0.3 is 12.3 Å². The highest BCUT2D eigenvalue weighted by molar-refractivity contribution is 5.73. The van der Waals surface area contributed by atoms with E-state index in [0.29, 0.717) is 12.8 Å². The standard InChI is InChI=1S/C13H14F3NO3/c14-13(15,16)20-10-4-1-8(2-5-10)7-9-3-6-11(17-9)12(18)19/h1-2,4-5,9,11,17H,3,6-7H2,(H,18,19). The fourth-order valence-electron chi connectivity index (χ4n) is 2.29. The number of benzene rings is 1. The number of rotatable bonds is 4. The van der Waals surface area contributed by atoms with Gasteiger partial charge in [0.15, 0.2) is 0 Å². The zero-order valence-electron chi connectivity index (χ0n) is 10.5. The van der Waals surface area contributed by atoms with Gasteiger partial charge in [0.05, 0.1) is 0 Å². The fraction of sp³-hybridized carbons (Fsp3) is 0.462. The Labute approximate surface area is 113 Å². The molecule has 1 heterocycles. The molecule has 20 heavy (non-hydrogen) atoms. The van der Waals surface area contributed by atoms with Crippen molar-refractivity contribution >= 4 is 5.97 Å². The number of carboxylic acids is 1. The van der Waals surface area contributed by atoms with Crippen molar-refractivity contribution in [2.75, 3.05) is 0 Å². The third-order valence-corrected chi connectivity index (χ3v) is 3.18. The molecule has 0 aliphatic carbocycles. The smallest absolute Gasteiger partial charge is 0.480 e. The first-order chi connectivity index (χ1) is 9.33. The first kappa shape index (κ1) is 14.6. The Morgan fingerprint density at radius 1 is 1.30 bits per heavy atom. The van der Waals surface area contributed by atoms with Crippen LogP contribution in [0.25, 0.3) is 0 Å². The van der Waals surface area contributed by atoms with E-state index < -0.39 is 18.4 Å². The number of aliphatic carboxylic acids is 1. The van der Waals surface area contributed by atoms with Gasteiger partial charge in [-0.2, -0.15) is 0 Å². The molecule has 110 valence electrons. The molecule has 2 rings (SSSR count). The molecule has 0 radical (unpaired) electrons. The van der Waals surface area contributed by atoms with Crippen LogP contribution >= 0.6 is 0 Å². The SMILES string of the molecule is O=C(O)C1CCC(Cc2ccc(OC(F)(F)F)cc2)N1. The maximum Gasteiger partial charge on any atom is 0.573 e. The van der Waals surface area contributed by atoms with Crippen LogP contribution in [0.2, 0.25) is 0 Å². The van der Waals surface area contributed by atoms with Crippen molar-refractivity contribution in [1.29, 1.82) is 0 Å². The van der Waals surface area contributed by atoms with E-state index in [1.165, 1.54) is 12.1 Å². The van der Waals surface area contributed by atoms with Gasteiger partial charge in [-0.05, 0) is 37.0 Å². The summed E-state index contributed by atoms with van der Waals surface area (Å²) in [4.78, 5) is 10.8. The number of halogens is 3. The van der Waals surface area contributed by atoms with E-state index >= 15 is 0 Å². The van der Waals surface area contributed by atoms with Crippen LogP contribution in [0.3, 0.4) is 0 Å². The molecule has 2 atom stereocenters. The fourth-order valence-corrected chi connectivity index (χ4v) is 2.29. The van der Waals surface area contributed by atoms with E-state index in [-0.39, 0.29) is 11.8 Å². The molecule has 0 amide bonds. The van der Waals surface area contributed by atoms with E-state index in [0.717, 1.165) is 12.0 Å². The Bertz CT molecular complexity index is 473. The van der Waals surface area contributed by atoms with Crippen molar-refractivity contribution in [1.82, 2.24) is 5.32 Å². The van der Waals surface area contributed by atoms with Gasteiger partial charge in [0.2, 0.25) is 0 Å². The summed E-state index contributed by atoms with van der Waals surface area (Å²) in [6, 6.07) is 5.12. The maximum absolute atomic E-state index is 12.0. The second-order valence-corrected chi connectivity index (χ2v) is 4.73. The summed E-state index contributed by atoms with van der Waals surface area (Å²) < 4.78 is 39.8. The first-order valence-corrected chi connectivity index (χ1v) is 6.17. The highest BCUT2D eigenvalue weighted by Crippen LogP contribution is 2.24. The summed E-state index contributed by atoms with van der Waals surface area (Å²) in [6.07, 6.45) is -2.81. The van der Waals surface area contributed by atoms with Crippen LogP contribution in [0.5, 0.6) is 5.75 Å². The quantitative estimate of drug-likeness (QED) is 0.893. The zero-order chi connectivity index (χ0) is 14.8. The lowest BCUT2D eigenvalue weighted by molar-refractivity contribution is -0.274. The minimum atomic E-state index is -4.69. The molecule has 0 bridgehead atoms. The van der Waals surface area contributed by atoms with Crippen molar-refractivity contribution in [2.24, 2.45) is 0 Å². The van der Waals surface area contributed by atoms with Crippen LogP contribution in [-0.2, 0) is 11.2 Å². The monoisotopic (exact) mass is 289 g/mol. The highest BCUT2D eigenvalue weighted by atomic mass is 19.4. The zero-order valence-corrected chi connectivity index (χ0v) is 10.5. The van der Waals surface area contributed by atoms with Crippen molar-refractivity contribution in [2.45, 2.75) is 37.7 Å². The molecule has 1 fully saturated rings. The van der Waals surface area contributed by atoms with Crippen molar-refractivity contribution in [3.05, 3.63) is 29.8 Å². The van der Waals surface area contributed by atoms with Gasteiger partial charge in [-0.3, -0.25) is 4.79 Å². The molecule has 1 saturated heterocycles. The number of hydrogen-bond acceptors (Lipinski definition) is 3. The molecule has 4 nitrogen and oxygen atoms in total. The average Bonchev–Trinajstić information content (AvgIpc) is 2.78. The number of alkyl halides is 3. The van der Waals surface area contributed by atoms with Gasteiger partial charge in [0, 0.05) is 6.04 Å². The number of nitrogens with one attached hydrogen (secondary N) is 1. The van der Waals surface area contributed by atoms with Crippen molar-refractivity contribution in [3.8, 4) is 5.75 Å². The number of carbonyl (C=O) groups is 1. The van der Waals surface area contributed by atoms with Crippen LogP contribution in [0.4, 0.5) is 13.2 Å². The molecule has 1 aliphatic rings. The van der Waals surface area contributed by atoms with E-state index in [4.69, 9.17) is 5.11 Å². The third-order valence-electron chi connectivity index (χ3n) is 3.18. The minimum Gasteiger partial charge on any atom is -0.480 e. The summed E-state index contributed by atoms with van der Waals surface area (Å²) in [6.45, 7) is 0. The summed E-state index contributed by atoms with van der Waals surface area (Å²) in [5.41, 5.74) is 0.836. The van der Waals surface area contributed by atoms with Gasteiger partial charge in [0.25, 0.3) is 0 Å². The Balaban J connectivity index is 1.90. The van der Waals surface area contributed by atoms with E-state index in [9.17, 15) is 18.0 Å². The van der Waals surface area contributed by atoms with Crippen LogP contribution in [-0.4, -0.2) is 29.5 Å². The molecule has 0 spiro atoms. The summed E-state index contributed by atoms with van der Waals surface area (Å²) in [5.74, 6) is -1.13. The van der Waals surface area contributed by atoms with Crippen molar-refractivity contribution in [3.63, 3.8) is 0 Å². The Kier molecular flexibility index (Phi) is 4.17. The summed E-state index contributed by atoms with van der Waals surface area (Å²) in [7, 11) is 0.